The summed E-state index contributed by atoms with van der Waals surface area (Å²) in [6, 6.07) is 26.0. The molecule has 0 N–H and O–H groups in total. The number of piperazine rings is 1. The Morgan fingerprint density at radius 2 is 1.44 bits per heavy atom. The van der Waals surface area contributed by atoms with Gasteiger partial charge in [0.15, 0.2) is 0 Å². The summed E-state index contributed by atoms with van der Waals surface area (Å²) < 4.78 is 5.75. The summed E-state index contributed by atoms with van der Waals surface area (Å²) in [7, 11) is 0. The van der Waals surface area contributed by atoms with Crippen molar-refractivity contribution in [2.75, 3.05) is 32.8 Å². The van der Waals surface area contributed by atoms with E-state index in [-0.39, 0.29) is 49.5 Å². The van der Waals surface area contributed by atoms with E-state index < -0.39 is 0 Å². The summed E-state index contributed by atoms with van der Waals surface area (Å²) in [5, 5.41) is 9.64. The Labute approximate surface area is 213 Å². The van der Waals surface area contributed by atoms with Crippen molar-refractivity contribution >= 4 is 30.9 Å². The molecular formula is C26H28Cl2N4O2. The molecule has 0 spiro atoms. The van der Waals surface area contributed by atoms with Crippen molar-refractivity contribution in [2.45, 2.75) is 12.0 Å². The molecule has 1 atom stereocenters. The summed E-state index contributed by atoms with van der Waals surface area (Å²) in [4.78, 5) is 20.7. The zero-order valence-corrected chi connectivity index (χ0v) is 20.3. The molecule has 6 nitrogen and oxygen atoms in total. The highest BCUT2D eigenvalue weighted by Crippen LogP contribution is 2.25. The Kier molecular flexibility index (Phi) is 10.8. The quantitative estimate of drug-likeness (QED) is 0.474. The molecule has 1 aliphatic rings. The first-order chi connectivity index (χ1) is 15.8. The molecule has 1 fully saturated rings. The number of ether oxygens (including phenoxy) is 1. The zero-order valence-electron chi connectivity index (χ0n) is 18.7. The summed E-state index contributed by atoms with van der Waals surface area (Å²) in [6.07, 6.45) is 3.11. The maximum atomic E-state index is 12.8. The van der Waals surface area contributed by atoms with Crippen molar-refractivity contribution in [3.05, 3.63) is 102 Å². The number of hydrogen-bond acceptors (Lipinski definition) is 5. The van der Waals surface area contributed by atoms with Gasteiger partial charge in [-0.2, -0.15) is 5.26 Å². The van der Waals surface area contributed by atoms with Crippen LogP contribution < -0.4 is 0 Å². The molecule has 34 heavy (non-hydrogen) atoms. The Balaban J connectivity index is 0.00000204. The number of halogens is 2. The van der Waals surface area contributed by atoms with E-state index in [0.29, 0.717) is 26.2 Å². The molecule has 8 heteroatoms. The van der Waals surface area contributed by atoms with Gasteiger partial charge in [-0.3, -0.25) is 9.88 Å². The van der Waals surface area contributed by atoms with Gasteiger partial charge in [0.05, 0.1) is 6.07 Å². The average Bonchev–Trinajstić information content (AvgIpc) is 2.87. The smallest absolute Gasteiger partial charge is 0.409 e. The number of rotatable bonds is 6. The van der Waals surface area contributed by atoms with E-state index in [1.165, 1.54) is 0 Å². The molecule has 0 bridgehead atoms. The van der Waals surface area contributed by atoms with Gasteiger partial charge in [-0.05, 0) is 17.2 Å². The fraction of sp³-hybridized carbons (Fsp3) is 0.269. The van der Waals surface area contributed by atoms with Crippen LogP contribution in [-0.4, -0.2) is 53.7 Å². The maximum Gasteiger partial charge on any atom is 0.409 e. The lowest BCUT2D eigenvalue weighted by molar-refractivity contribution is 0.0685. The SMILES string of the molecule is Cl.Cl.N#CC(c1cccnc1)N1CCN(C(=O)OCC(c2ccccc2)c2ccccc2)CC1. The summed E-state index contributed by atoms with van der Waals surface area (Å²) in [5.41, 5.74) is 3.11. The molecule has 1 aliphatic heterocycles. The molecule has 2 aromatic carbocycles. The van der Waals surface area contributed by atoms with Crippen LogP contribution in [0.5, 0.6) is 0 Å². The van der Waals surface area contributed by atoms with Crippen molar-refractivity contribution in [1.29, 1.82) is 5.26 Å². The van der Waals surface area contributed by atoms with Crippen LogP contribution in [0, 0.1) is 11.3 Å². The molecule has 1 aromatic heterocycles. The highest BCUT2D eigenvalue weighted by Gasteiger charge is 2.28. The number of hydrogen-bond donors (Lipinski definition) is 0. The van der Waals surface area contributed by atoms with Crippen LogP contribution in [0.1, 0.15) is 28.7 Å². The number of aromatic nitrogens is 1. The standard InChI is InChI=1S/C26H26N4O2.2ClH/c27-18-25(23-12-7-13-28-19-23)29-14-16-30(17-15-29)26(31)32-20-24(21-8-3-1-4-9-21)22-10-5-2-6-11-22;;/h1-13,19,24-25H,14-17,20H2;2*1H. The molecule has 2 heterocycles. The number of benzene rings is 2. The predicted molar refractivity (Wildman–Crippen MR) is 136 cm³/mol. The van der Waals surface area contributed by atoms with E-state index in [2.05, 4.69) is 40.2 Å². The van der Waals surface area contributed by atoms with Crippen LogP contribution in [0.3, 0.4) is 0 Å². The molecule has 1 saturated heterocycles. The molecule has 0 radical (unpaired) electrons. The van der Waals surface area contributed by atoms with Gasteiger partial charge in [-0.15, -0.1) is 24.8 Å². The van der Waals surface area contributed by atoms with E-state index in [4.69, 9.17) is 4.74 Å². The van der Waals surface area contributed by atoms with Gasteiger partial charge in [0.2, 0.25) is 0 Å². The average molecular weight is 499 g/mol. The topological polar surface area (TPSA) is 69.5 Å². The zero-order chi connectivity index (χ0) is 22.2. The maximum absolute atomic E-state index is 12.8. The number of carbonyl (C=O) groups is 1. The van der Waals surface area contributed by atoms with Gasteiger partial charge < -0.3 is 9.64 Å². The highest BCUT2D eigenvalue weighted by molar-refractivity contribution is 5.85. The monoisotopic (exact) mass is 498 g/mol. The number of carbonyl (C=O) groups excluding carboxylic acids is 1. The summed E-state index contributed by atoms with van der Waals surface area (Å²) >= 11 is 0. The third-order valence-electron chi connectivity index (χ3n) is 5.84. The Morgan fingerprint density at radius 3 is 1.94 bits per heavy atom. The Morgan fingerprint density at radius 1 is 0.882 bits per heavy atom. The van der Waals surface area contributed by atoms with E-state index in [9.17, 15) is 10.1 Å². The second-order valence-electron chi connectivity index (χ2n) is 7.79. The van der Waals surface area contributed by atoms with Crippen LogP contribution >= 0.6 is 24.8 Å². The van der Waals surface area contributed by atoms with E-state index >= 15 is 0 Å². The Hall–Kier alpha value is -3.11. The number of nitrogens with zero attached hydrogens (tertiary/aromatic N) is 4. The third-order valence-corrected chi connectivity index (χ3v) is 5.84. The molecule has 178 valence electrons. The van der Waals surface area contributed by atoms with Gasteiger partial charge in [0.1, 0.15) is 12.6 Å². The fourth-order valence-electron chi connectivity index (χ4n) is 4.07. The van der Waals surface area contributed by atoms with Gasteiger partial charge in [-0.25, -0.2) is 4.79 Å². The van der Waals surface area contributed by atoms with Crippen molar-refractivity contribution < 1.29 is 9.53 Å². The minimum absolute atomic E-state index is 0. The van der Waals surface area contributed by atoms with Crippen LogP contribution in [0.15, 0.2) is 85.2 Å². The minimum Gasteiger partial charge on any atom is -0.448 e. The van der Waals surface area contributed by atoms with E-state index in [0.717, 1.165) is 16.7 Å². The number of amides is 1. The van der Waals surface area contributed by atoms with Crippen molar-refractivity contribution in [3.8, 4) is 6.07 Å². The second-order valence-corrected chi connectivity index (χ2v) is 7.79. The minimum atomic E-state index is -0.359. The molecule has 0 aliphatic carbocycles. The van der Waals surface area contributed by atoms with Crippen molar-refractivity contribution in [1.82, 2.24) is 14.8 Å². The number of pyridine rings is 1. The van der Waals surface area contributed by atoms with E-state index in [1.54, 1.807) is 17.3 Å². The molecule has 1 unspecified atom stereocenters. The summed E-state index contributed by atoms with van der Waals surface area (Å²) in [6.45, 7) is 2.56. The molecule has 0 saturated carbocycles. The second kappa shape index (κ2) is 13.6. The number of nitriles is 1. The van der Waals surface area contributed by atoms with Crippen molar-refractivity contribution in [3.63, 3.8) is 0 Å². The normalized spacial score (nSPS) is 14.3. The first-order valence-electron chi connectivity index (χ1n) is 10.8. The lowest BCUT2D eigenvalue weighted by atomic mass is 9.92. The van der Waals surface area contributed by atoms with Crippen LogP contribution in [0.4, 0.5) is 4.79 Å². The van der Waals surface area contributed by atoms with Crippen LogP contribution in [0.2, 0.25) is 0 Å². The van der Waals surface area contributed by atoms with Crippen LogP contribution in [0.25, 0.3) is 0 Å². The fourth-order valence-corrected chi connectivity index (χ4v) is 4.07. The van der Waals surface area contributed by atoms with Crippen LogP contribution in [-0.2, 0) is 4.74 Å². The molecule has 4 rings (SSSR count). The highest BCUT2D eigenvalue weighted by atomic mass is 35.5. The Bertz CT molecular complexity index is 1000. The largest absolute Gasteiger partial charge is 0.448 e. The molecule has 1 amide bonds. The first kappa shape index (κ1) is 27.1. The van der Waals surface area contributed by atoms with Gasteiger partial charge >= 0.3 is 6.09 Å². The lowest BCUT2D eigenvalue weighted by Gasteiger charge is -2.36. The predicted octanol–water partition coefficient (Wildman–Crippen LogP) is 5.08. The third kappa shape index (κ3) is 6.71. The van der Waals surface area contributed by atoms with Gasteiger partial charge in [-0.1, -0.05) is 66.7 Å². The van der Waals surface area contributed by atoms with Crippen molar-refractivity contribution in [2.24, 2.45) is 0 Å². The summed E-state index contributed by atoms with van der Waals surface area (Å²) in [5.74, 6) is -0.0174. The first-order valence-corrected chi connectivity index (χ1v) is 10.8. The molecular weight excluding hydrogens is 471 g/mol. The van der Waals surface area contributed by atoms with E-state index in [1.807, 2.05) is 48.5 Å². The lowest BCUT2D eigenvalue weighted by Crippen LogP contribution is -2.49. The van der Waals surface area contributed by atoms with Gasteiger partial charge in [0.25, 0.3) is 0 Å². The van der Waals surface area contributed by atoms with Gasteiger partial charge in [0, 0.05) is 50.1 Å². The molecule has 3 aromatic rings.